The third-order valence-corrected chi connectivity index (χ3v) is 4.76. The van der Waals surface area contributed by atoms with Crippen LogP contribution in [0.4, 0.5) is 5.69 Å². The second-order valence-corrected chi connectivity index (χ2v) is 6.37. The van der Waals surface area contributed by atoms with Gasteiger partial charge in [0.05, 0.1) is 0 Å². The highest BCUT2D eigenvalue weighted by atomic mass is 32.1. The van der Waals surface area contributed by atoms with Crippen molar-refractivity contribution in [3.63, 3.8) is 0 Å². The number of ether oxygens (including phenoxy) is 1. The molecule has 0 aliphatic heterocycles. The Morgan fingerprint density at radius 3 is 2.65 bits per heavy atom. The molecule has 1 N–H and O–H groups in total. The molecule has 1 aromatic heterocycles. The van der Waals surface area contributed by atoms with E-state index in [1.54, 1.807) is 0 Å². The molecule has 2 aromatic rings. The van der Waals surface area contributed by atoms with Gasteiger partial charge in [0.2, 0.25) is 0 Å². The van der Waals surface area contributed by atoms with Gasteiger partial charge in [-0.05, 0) is 47.9 Å². The highest BCUT2D eigenvalue weighted by Crippen LogP contribution is 2.26. The standard InChI is InChI=1S/C18H21NO3S/c1-4-12(2)14-7-5-6-8-15(14)19-16(20)11-22-18(21)17-13(3)9-10-23-17/h5-10,12H,4,11H2,1-3H3,(H,19,20)/t12-/m1/s1. The molecule has 0 aliphatic carbocycles. The molecular formula is C18H21NO3S. The van der Waals surface area contributed by atoms with E-state index in [2.05, 4.69) is 19.2 Å². The smallest absolute Gasteiger partial charge is 0.349 e. The van der Waals surface area contributed by atoms with E-state index in [4.69, 9.17) is 4.74 Å². The molecule has 1 atom stereocenters. The van der Waals surface area contributed by atoms with Gasteiger partial charge in [-0.15, -0.1) is 11.3 Å². The Morgan fingerprint density at radius 1 is 1.26 bits per heavy atom. The van der Waals surface area contributed by atoms with Crippen LogP contribution in [0, 0.1) is 6.92 Å². The Labute approximate surface area is 140 Å². The van der Waals surface area contributed by atoms with Crippen LogP contribution in [0.25, 0.3) is 0 Å². The number of aryl methyl sites for hydroxylation is 1. The zero-order valence-electron chi connectivity index (χ0n) is 13.6. The summed E-state index contributed by atoms with van der Waals surface area (Å²) < 4.78 is 5.09. The maximum atomic E-state index is 12.0. The predicted molar refractivity (Wildman–Crippen MR) is 93.1 cm³/mol. The Bertz CT molecular complexity index is 693. The van der Waals surface area contributed by atoms with Crippen LogP contribution in [0.3, 0.4) is 0 Å². The summed E-state index contributed by atoms with van der Waals surface area (Å²) in [7, 11) is 0. The van der Waals surface area contributed by atoms with Gasteiger partial charge in [0.1, 0.15) is 4.88 Å². The summed E-state index contributed by atoms with van der Waals surface area (Å²) in [6.45, 7) is 5.78. The first-order chi connectivity index (χ1) is 11.0. The molecule has 5 heteroatoms. The fourth-order valence-corrected chi connectivity index (χ4v) is 3.04. The molecule has 1 aromatic carbocycles. The lowest BCUT2D eigenvalue weighted by Crippen LogP contribution is -2.21. The van der Waals surface area contributed by atoms with E-state index < -0.39 is 5.97 Å². The molecular weight excluding hydrogens is 310 g/mol. The lowest BCUT2D eigenvalue weighted by Gasteiger charge is -2.15. The Balaban J connectivity index is 1.95. The number of amides is 1. The van der Waals surface area contributed by atoms with Gasteiger partial charge in [0.25, 0.3) is 5.91 Å². The van der Waals surface area contributed by atoms with Crippen LogP contribution in [0.15, 0.2) is 35.7 Å². The summed E-state index contributed by atoms with van der Waals surface area (Å²) in [6.07, 6.45) is 0.986. The average molecular weight is 331 g/mol. The van der Waals surface area contributed by atoms with E-state index in [-0.39, 0.29) is 12.5 Å². The molecule has 1 heterocycles. The SMILES string of the molecule is CC[C@@H](C)c1ccccc1NC(=O)COC(=O)c1sccc1C. The Kier molecular flexibility index (Phi) is 5.93. The van der Waals surface area contributed by atoms with Crippen LogP contribution in [0.5, 0.6) is 0 Å². The molecule has 1 amide bonds. The number of carbonyl (C=O) groups excluding carboxylic acids is 2. The summed E-state index contributed by atoms with van der Waals surface area (Å²) in [4.78, 5) is 24.5. The number of hydrogen-bond donors (Lipinski definition) is 1. The van der Waals surface area contributed by atoms with Gasteiger partial charge in [-0.2, -0.15) is 0 Å². The van der Waals surface area contributed by atoms with Crippen molar-refractivity contribution >= 4 is 28.9 Å². The van der Waals surface area contributed by atoms with Crippen LogP contribution in [0.1, 0.15) is 47.0 Å². The molecule has 0 saturated heterocycles. The van der Waals surface area contributed by atoms with Crippen LogP contribution < -0.4 is 5.32 Å². The van der Waals surface area contributed by atoms with Crippen molar-refractivity contribution in [2.75, 3.05) is 11.9 Å². The minimum atomic E-state index is -0.456. The first-order valence-electron chi connectivity index (χ1n) is 7.63. The highest BCUT2D eigenvalue weighted by Gasteiger charge is 2.15. The lowest BCUT2D eigenvalue weighted by atomic mass is 9.97. The monoisotopic (exact) mass is 331 g/mol. The number of para-hydroxylation sites is 1. The highest BCUT2D eigenvalue weighted by molar-refractivity contribution is 7.12. The van der Waals surface area contributed by atoms with Gasteiger partial charge in [-0.1, -0.05) is 32.0 Å². The van der Waals surface area contributed by atoms with Crippen molar-refractivity contribution < 1.29 is 14.3 Å². The van der Waals surface area contributed by atoms with E-state index in [0.29, 0.717) is 10.8 Å². The summed E-state index contributed by atoms with van der Waals surface area (Å²) in [5.41, 5.74) is 2.72. The second kappa shape index (κ2) is 7.92. The van der Waals surface area contributed by atoms with Crippen molar-refractivity contribution in [3.05, 3.63) is 51.7 Å². The van der Waals surface area contributed by atoms with E-state index >= 15 is 0 Å². The number of thiophene rings is 1. The molecule has 0 aliphatic rings. The molecule has 23 heavy (non-hydrogen) atoms. The molecule has 0 spiro atoms. The Morgan fingerprint density at radius 2 is 2.00 bits per heavy atom. The van der Waals surface area contributed by atoms with Crippen molar-refractivity contribution in [2.24, 2.45) is 0 Å². The number of hydrogen-bond acceptors (Lipinski definition) is 4. The van der Waals surface area contributed by atoms with Crippen LogP contribution in [0.2, 0.25) is 0 Å². The number of rotatable bonds is 6. The van der Waals surface area contributed by atoms with Crippen molar-refractivity contribution in [1.29, 1.82) is 0 Å². The van der Waals surface area contributed by atoms with Crippen LogP contribution in [-0.2, 0) is 9.53 Å². The Hall–Kier alpha value is -2.14. The van der Waals surface area contributed by atoms with Gasteiger partial charge in [0.15, 0.2) is 6.61 Å². The van der Waals surface area contributed by atoms with E-state index in [1.807, 2.05) is 42.6 Å². The first-order valence-corrected chi connectivity index (χ1v) is 8.50. The van der Waals surface area contributed by atoms with E-state index in [9.17, 15) is 9.59 Å². The second-order valence-electron chi connectivity index (χ2n) is 5.45. The van der Waals surface area contributed by atoms with Gasteiger partial charge in [-0.3, -0.25) is 4.79 Å². The third kappa shape index (κ3) is 4.42. The maximum Gasteiger partial charge on any atom is 0.349 e. The number of carbonyl (C=O) groups is 2. The lowest BCUT2D eigenvalue weighted by molar-refractivity contribution is -0.119. The van der Waals surface area contributed by atoms with Gasteiger partial charge in [-0.25, -0.2) is 4.79 Å². The van der Waals surface area contributed by atoms with Crippen molar-refractivity contribution in [2.45, 2.75) is 33.1 Å². The molecule has 0 saturated carbocycles. The van der Waals surface area contributed by atoms with Gasteiger partial charge in [0, 0.05) is 5.69 Å². The summed E-state index contributed by atoms with van der Waals surface area (Å²) >= 11 is 1.32. The quantitative estimate of drug-likeness (QED) is 0.800. The molecule has 0 fully saturated rings. The van der Waals surface area contributed by atoms with Gasteiger partial charge < -0.3 is 10.1 Å². The zero-order valence-corrected chi connectivity index (χ0v) is 14.4. The number of esters is 1. The normalized spacial score (nSPS) is 11.8. The molecule has 0 bridgehead atoms. The fraction of sp³-hybridized carbons (Fsp3) is 0.333. The van der Waals surface area contributed by atoms with E-state index in [0.717, 1.165) is 23.2 Å². The van der Waals surface area contributed by atoms with Crippen molar-refractivity contribution in [3.8, 4) is 0 Å². The minimum Gasteiger partial charge on any atom is -0.451 e. The topological polar surface area (TPSA) is 55.4 Å². The molecule has 0 unspecified atom stereocenters. The average Bonchev–Trinajstić information content (AvgIpc) is 2.98. The van der Waals surface area contributed by atoms with E-state index in [1.165, 1.54) is 11.3 Å². The fourth-order valence-electron chi connectivity index (χ4n) is 2.23. The zero-order chi connectivity index (χ0) is 16.8. The van der Waals surface area contributed by atoms with Crippen molar-refractivity contribution in [1.82, 2.24) is 0 Å². The summed E-state index contributed by atoms with van der Waals surface area (Å²) in [5.74, 6) is -0.436. The first kappa shape index (κ1) is 17.2. The summed E-state index contributed by atoms with van der Waals surface area (Å²) in [5, 5.41) is 4.66. The summed E-state index contributed by atoms with van der Waals surface area (Å²) in [6, 6.07) is 9.55. The minimum absolute atomic E-state index is 0.287. The largest absolute Gasteiger partial charge is 0.451 e. The van der Waals surface area contributed by atoms with Crippen LogP contribution in [-0.4, -0.2) is 18.5 Å². The van der Waals surface area contributed by atoms with Gasteiger partial charge >= 0.3 is 5.97 Å². The molecule has 4 nitrogen and oxygen atoms in total. The third-order valence-electron chi connectivity index (χ3n) is 3.76. The number of anilines is 1. The maximum absolute atomic E-state index is 12.0. The number of nitrogens with one attached hydrogen (secondary N) is 1. The predicted octanol–water partition coefficient (Wildman–Crippen LogP) is 4.37. The molecule has 0 radical (unpaired) electrons. The van der Waals surface area contributed by atoms with Crippen LogP contribution >= 0.6 is 11.3 Å². The molecule has 122 valence electrons. The molecule has 2 rings (SSSR count). The number of benzene rings is 1.